The second-order valence-corrected chi connectivity index (χ2v) is 7.70. The Kier molecular flexibility index (Phi) is 5.55. The number of carbonyl (C=O) groups excluding carboxylic acids is 2. The molecule has 0 aliphatic rings. The highest BCUT2D eigenvalue weighted by Gasteiger charge is 2.15. The minimum absolute atomic E-state index is 0.0288. The fourth-order valence-electron chi connectivity index (χ4n) is 2.51. The van der Waals surface area contributed by atoms with Crippen LogP contribution < -0.4 is 10.0 Å². The molecular weight excluding hydrogens is 380 g/mol. The van der Waals surface area contributed by atoms with Gasteiger partial charge in [-0.25, -0.2) is 13.1 Å². The van der Waals surface area contributed by atoms with Crippen molar-refractivity contribution in [2.24, 2.45) is 0 Å². The molecule has 3 N–H and O–H groups in total. The Morgan fingerprint density at radius 3 is 2.36 bits per heavy atom. The zero-order chi connectivity index (χ0) is 20.1. The fraction of sp³-hybridized carbons (Fsp3) is 0.105. The third kappa shape index (κ3) is 4.63. The van der Waals surface area contributed by atoms with Gasteiger partial charge in [0.05, 0.1) is 10.6 Å². The maximum Gasteiger partial charge on any atom is 0.269 e. The Balaban J connectivity index is 1.62. The van der Waals surface area contributed by atoms with Gasteiger partial charge in [-0.2, -0.15) is 5.10 Å². The van der Waals surface area contributed by atoms with Gasteiger partial charge in [-0.1, -0.05) is 42.5 Å². The quantitative estimate of drug-likeness (QED) is 0.585. The van der Waals surface area contributed by atoms with Crippen LogP contribution in [0.1, 0.15) is 23.0 Å². The minimum Gasteiger partial charge on any atom is -0.347 e. The van der Waals surface area contributed by atoms with Gasteiger partial charge in [0.15, 0.2) is 0 Å². The molecule has 0 radical (unpaired) electrons. The van der Waals surface area contributed by atoms with E-state index >= 15 is 0 Å². The van der Waals surface area contributed by atoms with Gasteiger partial charge in [0, 0.05) is 19.0 Å². The van der Waals surface area contributed by atoms with Crippen molar-refractivity contribution in [3.63, 3.8) is 0 Å². The SMILES string of the molecule is CC(=O)NS(=O)(=O)c1ccc(CNC(=O)c2cc(-c3ccccc3)n[nH]2)cc1. The Morgan fingerprint density at radius 1 is 1.04 bits per heavy atom. The summed E-state index contributed by atoms with van der Waals surface area (Å²) >= 11 is 0. The van der Waals surface area contributed by atoms with Gasteiger partial charge >= 0.3 is 0 Å². The summed E-state index contributed by atoms with van der Waals surface area (Å²) in [5, 5.41) is 9.58. The summed E-state index contributed by atoms with van der Waals surface area (Å²) in [4.78, 5) is 23.2. The number of carbonyl (C=O) groups is 2. The van der Waals surface area contributed by atoms with Crippen molar-refractivity contribution in [3.05, 3.63) is 71.9 Å². The van der Waals surface area contributed by atoms with E-state index in [-0.39, 0.29) is 17.3 Å². The van der Waals surface area contributed by atoms with Crippen LogP contribution in [0.2, 0.25) is 0 Å². The first-order chi connectivity index (χ1) is 13.3. The van der Waals surface area contributed by atoms with Gasteiger partial charge in [0.1, 0.15) is 5.69 Å². The van der Waals surface area contributed by atoms with Crippen LogP contribution in [0.25, 0.3) is 11.3 Å². The molecule has 28 heavy (non-hydrogen) atoms. The smallest absolute Gasteiger partial charge is 0.269 e. The van der Waals surface area contributed by atoms with Crippen LogP contribution >= 0.6 is 0 Å². The largest absolute Gasteiger partial charge is 0.347 e. The molecule has 0 fully saturated rings. The summed E-state index contributed by atoms with van der Waals surface area (Å²) in [5.41, 5.74) is 2.59. The van der Waals surface area contributed by atoms with E-state index in [0.717, 1.165) is 12.5 Å². The first-order valence-corrected chi connectivity index (χ1v) is 9.85. The van der Waals surface area contributed by atoms with Gasteiger partial charge in [0.2, 0.25) is 5.91 Å². The Labute approximate surface area is 162 Å². The molecule has 1 aromatic heterocycles. The van der Waals surface area contributed by atoms with Crippen molar-refractivity contribution >= 4 is 21.8 Å². The minimum atomic E-state index is -3.87. The molecule has 8 nitrogen and oxygen atoms in total. The second kappa shape index (κ2) is 8.05. The standard InChI is InChI=1S/C19H18N4O4S/c1-13(24)23-28(26,27)16-9-7-14(8-10-16)12-20-19(25)18-11-17(21-22-18)15-5-3-2-4-6-15/h2-11H,12H2,1H3,(H,20,25)(H,21,22)(H,23,24). The summed E-state index contributed by atoms with van der Waals surface area (Å²) in [5.74, 6) is -0.990. The zero-order valence-electron chi connectivity index (χ0n) is 15.0. The maximum absolute atomic E-state index is 12.3. The average Bonchev–Trinajstić information content (AvgIpc) is 3.16. The third-order valence-electron chi connectivity index (χ3n) is 3.86. The van der Waals surface area contributed by atoms with Crippen LogP contribution in [0.15, 0.2) is 65.6 Å². The number of hydrogen-bond acceptors (Lipinski definition) is 5. The van der Waals surface area contributed by atoms with Crippen molar-refractivity contribution in [1.29, 1.82) is 0 Å². The lowest BCUT2D eigenvalue weighted by molar-refractivity contribution is -0.117. The topological polar surface area (TPSA) is 121 Å². The van der Waals surface area contributed by atoms with Crippen LogP contribution in [0.4, 0.5) is 0 Å². The molecule has 2 amide bonds. The summed E-state index contributed by atoms with van der Waals surface area (Å²) in [7, 11) is -3.87. The highest BCUT2D eigenvalue weighted by molar-refractivity contribution is 7.90. The number of sulfonamides is 1. The lowest BCUT2D eigenvalue weighted by atomic mass is 10.1. The third-order valence-corrected chi connectivity index (χ3v) is 5.31. The first kappa shape index (κ1) is 19.3. The van der Waals surface area contributed by atoms with E-state index < -0.39 is 15.9 Å². The fourth-order valence-corrected chi connectivity index (χ4v) is 3.50. The Hall–Kier alpha value is -3.46. The van der Waals surface area contributed by atoms with Crippen LogP contribution in [0.5, 0.6) is 0 Å². The van der Waals surface area contributed by atoms with Crippen LogP contribution in [0.3, 0.4) is 0 Å². The van der Waals surface area contributed by atoms with Gasteiger partial charge in [0.25, 0.3) is 15.9 Å². The lowest BCUT2D eigenvalue weighted by Gasteiger charge is -2.07. The number of amides is 2. The number of benzene rings is 2. The van der Waals surface area contributed by atoms with Crippen LogP contribution in [-0.2, 0) is 21.4 Å². The predicted molar refractivity (Wildman–Crippen MR) is 103 cm³/mol. The van der Waals surface area contributed by atoms with Crippen molar-refractivity contribution in [2.75, 3.05) is 0 Å². The number of hydrogen-bond donors (Lipinski definition) is 3. The van der Waals surface area contributed by atoms with E-state index in [9.17, 15) is 18.0 Å². The van der Waals surface area contributed by atoms with Crippen LogP contribution in [-0.4, -0.2) is 30.4 Å². The average molecular weight is 398 g/mol. The molecular formula is C19H18N4O4S. The van der Waals surface area contributed by atoms with E-state index in [1.165, 1.54) is 12.1 Å². The predicted octanol–water partition coefficient (Wildman–Crippen LogP) is 1.83. The molecule has 144 valence electrons. The molecule has 0 spiro atoms. The number of H-pyrrole nitrogens is 1. The van der Waals surface area contributed by atoms with Gasteiger partial charge in [-0.05, 0) is 23.8 Å². The van der Waals surface area contributed by atoms with E-state index in [1.807, 2.05) is 35.1 Å². The molecule has 0 atom stereocenters. The van der Waals surface area contributed by atoms with Crippen LogP contribution in [0, 0.1) is 0 Å². The second-order valence-electron chi connectivity index (χ2n) is 6.02. The van der Waals surface area contributed by atoms with Crippen molar-refractivity contribution < 1.29 is 18.0 Å². The summed E-state index contributed by atoms with van der Waals surface area (Å²) < 4.78 is 25.7. The van der Waals surface area contributed by atoms with Gasteiger partial charge in [-0.3, -0.25) is 14.7 Å². The van der Waals surface area contributed by atoms with Gasteiger partial charge in [-0.15, -0.1) is 0 Å². The Bertz CT molecular complexity index is 1090. The molecule has 0 saturated heterocycles. The summed E-state index contributed by atoms with van der Waals surface area (Å²) in [6.07, 6.45) is 0. The normalized spacial score (nSPS) is 11.0. The molecule has 0 bridgehead atoms. The number of aromatic nitrogens is 2. The first-order valence-electron chi connectivity index (χ1n) is 8.36. The molecule has 0 saturated carbocycles. The van der Waals surface area contributed by atoms with E-state index in [2.05, 4.69) is 15.5 Å². The lowest BCUT2D eigenvalue weighted by Crippen LogP contribution is -2.28. The van der Waals surface area contributed by atoms with E-state index in [4.69, 9.17) is 0 Å². The Morgan fingerprint density at radius 2 is 1.71 bits per heavy atom. The molecule has 9 heteroatoms. The number of nitrogens with zero attached hydrogens (tertiary/aromatic N) is 1. The summed E-state index contributed by atoms with van der Waals surface area (Å²) in [6, 6.07) is 17.0. The number of nitrogens with one attached hydrogen (secondary N) is 3. The summed E-state index contributed by atoms with van der Waals surface area (Å²) in [6.45, 7) is 1.33. The highest BCUT2D eigenvalue weighted by Crippen LogP contribution is 2.17. The molecule has 2 aromatic carbocycles. The van der Waals surface area contributed by atoms with Gasteiger partial charge < -0.3 is 5.32 Å². The number of rotatable bonds is 6. The molecule has 3 aromatic rings. The zero-order valence-corrected chi connectivity index (χ0v) is 15.8. The van der Waals surface area contributed by atoms with Crippen molar-refractivity contribution in [2.45, 2.75) is 18.4 Å². The van der Waals surface area contributed by atoms with Crippen molar-refractivity contribution in [3.8, 4) is 11.3 Å². The highest BCUT2D eigenvalue weighted by atomic mass is 32.2. The molecule has 0 aliphatic heterocycles. The maximum atomic E-state index is 12.3. The monoisotopic (exact) mass is 398 g/mol. The number of aromatic amines is 1. The molecule has 0 unspecified atom stereocenters. The van der Waals surface area contributed by atoms with E-state index in [1.54, 1.807) is 18.2 Å². The molecule has 3 rings (SSSR count). The molecule has 0 aliphatic carbocycles. The van der Waals surface area contributed by atoms with E-state index in [0.29, 0.717) is 17.0 Å². The molecule has 1 heterocycles. The van der Waals surface area contributed by atoms with Crippen molar-refractivity contribution in [1.82, 2.24) is 20.2 Å².